The fourth-order valence-electron chi connectivity index (χ4n) is 1.88. The molecule has 0 aliphatic rings. The van der Waals surface area contributed by atoms with E-state index in [2.05, 4.69) is 0 Å². The van der Waals surface area contributed by atoms with Crippen LogP contribution in [-0.2, 0) is 11.2 Å². The van der Waals surface area contributed by atoms with Gasteiger partial charge in [0.25, 0.3) is 0 Å². The van der Waals surface area contributed by atoms with Gasteiger partial charge in [-0.05, 0) is 48.1 Å². The van der Waals surface area contributed by atoms with E-state index < -0.39 is 11.9 Å². The van der Waals surface area contributed by atoms with Crippen molar-refractivity contribution >= 4 is 40.5 Å². The number of rotatable bonds is 4. The molecule has 1 aromatic carbocycles. The van der Waals surface area contributed by atoms with Gasteiger partial charge in [0.05, 0.1) is 16.0 Å². The van der Waals surface area contributed by atoms with E-state index in [0.29, 0.717) is 22.0 Å². The molecule has 1 atom stereocenters. The van der Waals surface area contributed by atoms with Crippen molar-refractivity contribution in [3.63, 3.8) is 0 Å². The topological polar surface area (TPSA) is 37.3 Å². The Hall–Kier alpha value is -1.03. The number of halogens is 2. The monoisotopic (exact) mass is 314 g/mol. The van der Waals surface area contributed by atoms with E-state index in [1.54, 1.807) is 29.5 Å². The van der Waals surface area contributed by atoms with Crippen molar-refractivity contribution in [1.29, 1.82) is 0 Å². The molecule has 0 saturated carbocycles. The zero-order chi connectivity index (χ0) is 14.0. The molecular formula is C14H12Cl2O2S. The molecule has 0 aliphatic heterocycles. The Morgan fingerprint density at radius 2 is 2.05 bits per heavy atom. The minimum atomic E-state index is -0.855. The van der Waals surface area contributed by atoms with Gasteiger partial charge in [0.15, 0.2) is 0 Å². The summed E-state index contributed by atoms with van der Waals surface area (Å²) in [5.74, 6) is -1.46. The van der Waals surface area contributed by atoms with Gasteiger partial charge in [-0.15, -0.1) is 11.3 Å². The van der Waals surface area contributed by atoms with E-state index in [0.717, 1.165) is 10.4 Å². The van der Waals surface area contributed by atoms with Crippen molar-refractivity contribution in [3.8, 4) is 0 Å². The van der Waals surface area contributed by atoms with Crippen LogP contribution in [0.5, 0.6) is 0 Å². The Bertz CT molecular complexity index is 607. The van der Waals surface area contributed by atoms with Gasteiger partial charge in [0.1, 0.15) is 0 Å². The first-order valence-electron chi connectivity index (χ1n) is 5.69. The van der Waals surface area contributed by atoms with E-state index in [4.69, 9.17) is 23.2 Å². The molecule has 0 amide bonds. The second-order valence-electron chi connectivity index (χ2n) is 4.30. The first-order chi connectivity index (χ1) is 8.99. The number of thiophene rings is 1. The van der Waals surface area contributed by atoms with Gasteiger partial charge in [-0.25, -0.2) is 0 Å². The zero-order valence-corrected chi connectivity index (χ0v) is 12.5. The molecule has 0 spiro atoms. The highest BCUT2D eigenvalue weighted by atomic mass is 35.5. The minimum Gasteiger partial charge on any atom is -0.481 e. The number of hydrogen-bond donors (Lipinski definition) is 1. The summed E-state index contributed by atoms with van der Waals surface area (Å²) in [6.45, 7) is 1.99. The van der Waals surface area contributed by atoms with Crippen molar-refractivity contribution < 1.29 is 9.90 Å². The molecule has 1 heterocycles. The average molecular weight is 315 g/mol. The number of benzene rings is 1. The van der Waals surface area contributed by atoms with Crippen molar-refractivity contribution in [2.24, 2.45) is 0 Å². The quantitative estimate of drug-likeness (QED) is 0.882. The summed E-state index contributed by atoms with van der Waals surface area (Å²) in [6.07, 6.45) is 0.469. The summed E-state index contributed by atoms with van der Waals surface area (Å²) in [6, 6.07) is 6.98. The van der Waals surface area contributed by atoms with Crippen molar-refractivity contribution in [3.05, 3.63) is 55.7 Å². The molecule has 0 radical (unpaired) electrons. The average Bonchev–Trinajstić information content (AvgIpc) is 2.75. The molecule has 0 fully saturated rings. The second-order valence-corrected chi connectivity index (χ2v) is 6.11. The van der Waals surface area contributed by atoms with Crippen LogP contribution in [0, 0.1) is 6.92 Å². The first-order valence-corrected chi connectivity index (χ1v) is 7.33. The van der Waals surface area contributed by atoms with Crippen LogP contribution in [0.2, 0.25) is 10.0 Å². The van der Waals surface area contributed by atoms with Crippen LogP contribution in [0.1, 0.15) is 21.9 Å². The predicted octanol–water partition coefficient (Wildman–Crippen LogP) is 4.77. The van der Waals surface area contributed by atoms with Gasteiger partial charge in [0, 0.05) is 4.88 Å². The van der Waals surface area contributed by atoms with Crippen LogP contribution in [0.4, 0.5) is 0 Å². The molecule has 0 aliphatic carbocycles. The number of carbonyl (C=O) groups is 1. The maximum Gasteiger partial charge on any atom is 0.311 e. The molecule has 1 unspecified atom stereocenters. The van der Waals surface area contributed by atoms with Crippen LogP contribution in [0.3, 0.4) is 0 Å². The van der Waals surface area contributed by atoms with Crippen LogP contribution in [0.25, 0.3) is 0 Å². The molecule has 100 valence electrons. The van der Waals surface area contributed by atoms with Crippen LogP contribution in [-0.4, -0.2) is 11.1 Å². The standard InChI is InChI=1S/C14H12Cl2O2S/c1-8-4-5-19-13(8)7-10(14(17)18)9-2-3-11(15)12(16)6-9/h2-6,10H,7H2,1H3,(H,17,18). The second kappa shape index (κ2) is 5.95. The third-order valence-corrected chi connectivity index (χ3v) is 4.79. The van der Waals surface area contributed by atoms with E-state index in [-0.39, 0.29) is 0 Å². The fraction of sp³-hybridized carbons (Fsp3) is 0.214. The van der Waals surface area contributed by atoms with Gasteiger partial charge in [-0.3, -0.25) is 4.79 Å². The number of carboxylic acid groups (broad SMARTS) is 1. The SMILES string of the molecule is Cc1ccsc1CC(C(=O)O)c1ccc(Cl)c(Cl)c1. The lowest BCUT2D eigenvalue weighted by atomic mass is 9.94. The highest BCUT2D eigenvalue weighted by Crippen LogP contribution is 2.30. The largest absolute Gasteiger partial charge is 0.481 e. The lowest BCUT2D eigenvalue weighted by Crippen LogP contribution is -2.14. The van der Waals surface area contributed by atoms with Crippen LogP contribution < -0.4 is 0 Å². The smallest absolute Gasteiger partial charge is 0.311 e. The minimum absolute atomic E-state index is 0.383. The maximum atomic E-state index is 11.5. The highest BCUT2D eigenvalue weighted by molar-refractivity contribution is 7.10. The number of aliphatic carboxylic acids is 1. The van der Waals surface area contributed by atoms with Crippen molar-refractivity contribution in [2.75, 3.05) is 0 Å². The lowest BCUT2D eigenvalue weighted by molar-refractivity contribution is -0.138. The molecular weight excluding hydrogens is 303 g/mol. The molecule has 19 heavy (non-hydrogen) atoms. The van der Waals surface area contributed by atoms with Gasteiger partial charge < -0.3 is 5.11 Å². The van der Waals surface area contributed by atoms with Crippen LogP contribution >= 0.6 is 34.5 Å². The molecule has 2 rings (SSSR count). The predicted molar refractivity (Wildman–Crippen MR) is 79.6 cm³/mol. The maximum absolute atomic E-state index is 11.5. The number of aryl methyl sites for hydroxylation is 1. The summed E-state index contributed by atoms with van der Waals surface area (Å²) in [5, 5.41) is 12.2. The molecule has 0 saturated heterocycles. The summed E-state index contributed by atoms with van der Waals surface area (Å²) >= 11 is 13.4. The molecule has 2 nitrogen and oxygen atoms in total. The van der Waals surface area contributed by atoms with Gasteiger partial charge in [-0.2, -0.15) is 0 Å². The van der Waals surface area contributed by atoms with Crippen molar-refractivity contribution in [1.82, 2.24) is 0 Å². The molecule has 0 bridgehead atoms. The summed E-state index contributed by atoms with van der Waals surface area (Å²) in [5.41, 5.74) is 1.80. The summed E-state index contributed by atoms with van der Waals surface area (Å²) < 4.78 is 0. The molecule has 1 aromatic heterocycles. The Balaban J connectivity index is 2.32. The van der Waals surface area contributed by atoms with E-state index in [1.807, 2.05) is 18.4 Å². The summed E-state index contributed by atoms with van der Waals surface area (Å²) in [7, 11) is 0. The molecule has 5 heteroatoms. The van der Waals surface area contributed by atoms with E-state index in [1.165, 1.54) is 0 Å². The third kappa shape index (κ3) is 3.30. The Morgan fingerprint density at radius 3 is 2.58 bits per heavy atom. The molecule has 1 N–H and O–H groups in total. The fourth-order valence-corrected chi connectivity index (χ4v) is 3.14. The van der Waals surface area contributed by atoms with Crippen molar-refractivity contribution in [2.45, 2.75) is 19.3 Å². The Morgan fingerprint density at radius 1 is 1.32 bits per heavy atom. The first kappa shape index (κ1) is 14.4. The zero-order valence-electron chi connectivity index (χ0n) is 10.2. The normalized spacial score (nSPS) is 12.4. The Labute approximate surface area is 125 Å². The van der Waals surface area contributed by atoms with E-state index >= 15 is 0 Å². The summed E-state index contributed by atoms with van der Waals surface area (Å²) in [4.78, 5) is 12.5. The van der Waals surface area contributed by atoms with Gasteiger partial charge in [0.2, 0.25) is 0 Å². The lowest BCUT2D eigenvalue weighted by Gasteiger charge is -2.13. The van der Waals surface area contributed by atoms with Gasteiger partial charge in [-0.1, -0.05) is 29.3 Å². The van der Waals surface area contributed by atoms with Crippen LogP contribution in [0.15, 0.2) is 29.6 Å². The van der Waals surface area contributed by atoms with Gasteiger partial charge >= 0.3 is 5.97 Å². The number of carboxylic acids is 1. The van der Waals surface area contributed by atoms with E-state index in [9.17, 15) is 9.90 Å². The highest BCUT2D eigenvalue weighted by Gasteiger charge is 2.22. The molecule has 2 aromatic rings. The Kier molecular flexibility index (Phi) is 4.50. The third-order valence-electron chi connectivity index (χ3n) is 3.00. The number of hydrogen-bond acceptors (Lipinski definition) is 2.